The normalized spacial score (nSPS) is 16.7. The van der Waals surface area contributed by atoms with Gasteiger partial charge in [-0.25, -0.2) is 13.1 Å². The molecule has 8 nitrogen and oxygen atoms in total. The molecule has 22 heavy (non-hydrogen) atoms. The summed E-state index contributed by atoms with van der Waals surface area (Å²) in [6.45, 7) is 1.32. The third-order valence-electron chi connectivity index (χ3n) is 3.94. The summed E-state index contributed by atoms with van der Waals surface area (Å²) in [7, 11) is -2.46. The van der Waals surface area contributed by atoms with E-state index in [4.69, 9.17) is 5.11 Å². The van der Waals surface area contributed by atoms with Crippen LogP contribution in [0.25, 0.3) is 0 Å². The van der Waals surface area contributed by atoms with Gasteiger partial charge >= 0.3 is 0 Å². The van der Waals surface area contributed by atoms with Crippen LogP contribution in [0.3, 0.4) is 0 Å². The molecule has 0 amide bonds. The van der Waals surface area contributed by atoms with E-state index in [-0.39, 0.29) is 23.1 Å². The fourth-order valence-corrected chi connectivity index (χ4v) is 3.31. The molecule has 0 aliphatic carbocycles. The van der Waals surface area contributed by atoms with Crippen molar-refractivity contribution in [2.45, 2.75) is 17.7 Å². The first-order chi connectivity index (χ1) is 10.4. The monoisotopic (exact) mass is 329 g/mol. The molecule has 1 aliphatic rings. The van der Waals surface area contributed by atoms with Gasteiger partial charge in [0.1, 0.15) is 5.69 Å². The first-order valence-corrected chi connectivity index (χ1v) is 8.45. The lowest BCUT2D eigenvalue weighted by atomic mass is 9.97. The third kappa shape index (κ3) is 3.37. The Morgan fingerprint density at radius 1 is 1.41 bits per heavy atom. The Kier molecular flexibility index (Phi) is 4.99. The molecule has 1 saturated heterocycles. The van der Waals surface area contributed by atoms with Crippen LogP contribution in [0.15, 0.2) is 23.1 Å². The number of aliphatic hydroxyl groups excluding tert-OH is 1. The van der Waals surface area contributed by atoms with Gasteiger partial charge in [0.05, 0.1) is 9.82 Å². The summed E-state index contributed by atoms with van der Waals surface area (Å²) in [6, 6.07) is 3.92. The molecule has 1 fully saturated rings. The van der Waals surface area contributed by atoms with Crippen molar-refractivity contribution in [1.29, 1.82) is 0 Å². The number of nitrogens with one attached hydrogen (secondary N) is 1. The molecule has 0 spiro atoms. The Morgan fingerprint density at radius 2 is 2.05 bits per heavy atom. The van der Waals surface area contributed by atoms with Crippen LogP contribution < -0.4 is 9.62 Å². The van der Waals surface area contributed by atoms with Gasteiger partial charge in [0.2, 0.25) is 10.0 Å². The van der Waals surface area contributed by atoms with Gasteiger partial charge in [0, 0.05) is 25.8 Å². The summed E-state index contributed by atoms with van der Waals surface area (Å²) >= 11 is 0. The molecule has 0 saturated carbocycles. The topological polar surface area (TPSA) is 113 Å². The van der Waals surface area contributed by atoms with Gasteiger partial charge in [0.25, 0.3) is 5.69 Å². The number of hydrogen-bond donors (Lipinski definition) is 2. The predicted octanol–water partition coefficient (Wildman–Crippen LogP) is 0.712. The zero-order valence-corrected chi connectivity index (χ0v) is 13.0. The molecular weight excluding hydrogens is 310 g/mol. The number of sulfonamides is 1. The van der Waals surface area contributed by atoms with Crippen LogP contribution >= 0.6 is 0 Å². The molecule has 122 valence electrons. The van der Waals surface area contributed by atoms with Crippen LogP contribution in [-0.4, -0.2) is 45.2 Å². The number of aliphatic hydroxyl groups is 1. The second-order valence-electron chi connectivity index (χ2n) is 5.23. The highest BCUT2D eigenvalue weighted by Crippen LogP contribution is 2.33. The first kappa shape index (κ1) is 16.7. The van der Waals surface area contributed by atoms with E-state index in [1.165, 1.54) is 19.2 Å². The number of nitro benzene ring substituents is 1. The summed E-state index contributed by atoms with van der Waals surface area (Å²) in [6.07, 6.45) is 1.51. The third-order valence-corrected chi connectivity index (χ3v) is 5.35. The van der Waals surface area contributed by atoms with Crippen LogP contribution in [0.1, 0.15) is 12.8 Å². The van der Waals surface area contributed by atoms with E-state index in [2.05, 4.69) is 4.72 Å². The molecule has 0 unspecified atom stereocenters. The molecule has 1 aliphatic heterocycles. The summed E-state index contributed by atoms with van der Waals surface area (Å²) in [4.78, 5) is 12.4. The van der Waals surface area contributed by atoms with E-state index >= 15 is 0 Å². The number of nitro groups is 1. The van der Waals surface area contributed by atoms with Crippen molar-refractivity contribution in [2.24, 2.45) is 5.92 Å². The van der Waals surface area contributed by atoms with Gasteiger partial charge in [-0.2, -0.15) is 0 Å². The summed E-state index contributed by atoms with van der Waals surface area (Å²) < 4.78 is 25.7. The SMILES string of the molecule is CNS(=O)(=O)c1ccc(N2CCC(CO)CC2)c([N+](=O)[O-])c1. The number of nitrogens with zero attached hydrogens (tertiary/aromatic N) is 2. The van der Waals surface area contributed by atoms with E-state index < -0.39 is 14.9 Å². The van der Waals surface area contributed by atoms with Crippen molar-refractivity contribution >= 4 is 21.4 Å². The smallest absolute Gasteiger partial charge is 0.293 e. The number of benzene rings is 1. The lowest BCUT2D eigenvalue weighted by Crippen LogP contribution is -2.35. The maximum Gasteiger partial charge on any atom is 0.293 e. The number of anilines is 1. The molecule has 2 N–H and O–H groups in total. The maximum atomic E-state index is 11.8. The van der Waals surface area contributed by atoms with Crippen LogP contribution in [0.5, 0.6) is 0 Å². The summed E-state index contributed by atoms with van der Waals surface area (Å²) in [5, 5.41) is 20.4. The van der Waals surface area contributed by atoms with Gasteiger partial charge < -0.3 is 10.0 Å². The molecular formula is C13H19N3O5S. The Morgan fingerprint density at radius 3 is 2.55 bits per heavy atom. The molecule has 0 bridgehead atoms. The highest BCUT2D eigenvalue weighted by molar-refractivity contribution is 7.89. The Hall–Kier alpha value is -1.71. The molecule has 9 heteroatoms. The highest BCUT2D eigenvalue weighted by Gasteiger charge is 2.26. The standard InChI is InChI=1S/C13H19N3O5S/c1-14-22(20,21)11-2-3-12(13(8-11)16(18)19)15-6-4-10(9-17)5-7-15/h2-3,8,10,14,17H,4-7,9H2,1H3. The molecule has 1 aromatic rings. The van der Waals surface area contributed by atoms with Crippen LogP contribution in [0, 0.1) is 16.0 Å². The van der Waals surface area contributed by atoms with E-state index in [1.54, 1.807) is 0 Å². The van der Waals surface area contributed by atoms with Crippen molar-refractivity contribution in [3.05, 3.63) is 28.3 Å². The van der Waals surface area contributed by atoms with Crippen LogP contribution in [-0.2, 0) is 10.0 Å². The highest BCUT2D eigenvalue weighted by atomic mass is 32.2. The van der Waals surface area contributed by atoms with Gasteiger partial charge in [-0.1, -0.05) is 0 Å². The molecule has 1 heterocycles. The van der Waals surface area contributed by atoms with Crippen LogP contribution in [0.4, 0.5) is 11.4 Å². The Labute approximate surface area is 128 Å². The Balaban J connectivity index is 2.35. The fourth-order valence-electron chi connectivity index (χ4n) is 2.56. The van der Waals surface area contributed by atoms with E-state index in [0.29, 0.717) is 18.8 Å². The lowest BCUT2D eigenvalue weighted by molar-refractivity contribution is -0.384. The largest absolute Gasteiger partial charge is 0.396 e. The van der Waals surface area contributed by atoms with Gasteiger partial charge in [-0.3, -0.25) is 10.1 Å². The maximum absolute atomic E-state index is 11.8. The van der Waals surface area contributed by atoms with Crippen molar-refractivity contribution in [1.82, 2.24) is 4.72 Å². The molecule has 2 rings (SSSR count). The summed E-state index contributed by atoms with van der Waals surface area (Å²) in [5.41, 5.74) is 0.190. The minimum atomic E-state index is -3.72. The lowest BCUT2D eigenvalue weighted by Gasteiger charge is -2.32. The minimum Gasteiger partial charge on any atom is -0.396 e. The molecule has 0 atom stereocenters. The zero-order chi connectivity index (χ0) is 16.3. The zero-order valence-electron chi connectivity index (χ0n) is 12.2. The number of piperidine rings is 1. The number of rotatable bonds is 5. The Bertz CT molecular complexity index is 654. The van der Waals surface area contributed by atoms with Crippen molar-refractivity contribution in [3.8, 4) is 0 Å². The quantitative estimate of drug-likeness (QED) is 0.608. The van der Waals surface area contributed by atoms with Crippen molar-refractivity contribution in [2.75, 3.05) is 31.6 Å². The summed E-state index contributed by atoms with van der Waals surface area (Å²) in [5.74, 6) is 0.222. The minimum absolute atomic E-state index is 0.120. The molecule has 0 radical (unpaired) electrons. The van der Waals surface area contributed by atoms with Crippen molar-refractivity contribution < 1.29 is 18.4 Å². The fraction of sp³-hybridized carbons (Fsp3) is 0.538. The van der Waals surface area contributed by atoms with Gasteiger partial charge in [-0.05, 0) is 37.9 Å². The average Bonchev–Trinajstić information content (AvgIpc) is 2.54. The van der Waals surface area contributed by atoms with E-state index in [1.807, 2.05) is 4.90 Å². The second kappa shape index (κ2) is 6.59. The molecule has 0 aromatic heterocycles. The van der Waals surface area contributed by atoms with Gasteiger partial charge in [-0.15, -0.1) is 0 Å². The number of hydrogen-bond acceptors (Lipinski definition) is 6. The van der Waals surface area contributed by atoms with E-state index in [9.17, 15) is 18.5 Å². The van der Waals surface area contributed by atoms with E-state index in [0.717, 1.165) is 18.9 Å². The second-order valence-corrected chi connectivity index (χ2v) is 7.11. The van der Waals surface area contributed by atoms with Crippen LogP contribution in [0.2, 0.25) is 0 Å². The van der Waals surface area contributed by atoms with Gasteiger partial charge in [0.15, 0.2) is 0 Å². The predicted molar refractivity (Wildman–Crippen MR) is 81.4 cm³/mol. The molecule has 1 aromatic carbocycles. The average molecular weight is 329 g/mol. The van der Waals surface area contributed by atoms with Crippen molar-refractivity contribution in [3.63, 3.8) is 0 Å². The first-order valence-electron chi connectivity index (χ1n) is 6.97.